The standard InChI is InChI=1S/C20H22N2O5/c1-4-26-20(25)21-16-10-7-9-15(12-16)19(24)27-14(3)18(23)22-17-11-6-5-8-13(17)2/h5-12,14H,4H2,1-3H3,(H,21,25)(H,22,23). The third-order valence-electron chi connectivity index (χ3n) is 3.68. The van der Waals surface area contributed by atoms with E-state index in [-0.39, 0.29) is 12.2 Å². The van der Waals surface area contributed by atoms with Crippen molar-refractivity contribution in [3.63, 3.8) is 0 Å². The maximum atomic E-state index is 12.3. The van der Waals surface area contributed by atoms with Crippen molar-refractivity contribution in [2.24, 2.45) is 0 Å². The van der Waals surface area contributed by atoms with Crippen molar-refractivity contribution in [1.82, 2.24) is 0 Å². The van der Waals surface area contributed by atoms with E-state index >= 15 is 0 Å². The van der Waals surface area contributed by atoms with E-state index in [9.17, 15) is 14.4 Å². The number of rotatable bonds is 6. The Morgan fingerprint density at radius 1 is 1.04 bits per heavy atom. The number of carbonyl (C=O) groups is 3. The smallest absolute Gasteiger partial charge is 0.411 e. The second kappa shape index (κ2) is 9.38. The van der Waals surface area contributed by atoms with Crippen molar-refractivity contribution in [3.8, 4) is 0 Å². The van der Waals surface area contributed by atoms with Crippen molar-refractivity contribution in [1.29, 1.82) is 0 Å². The van der Waals surface area contributed by atoms with Crippen LogP contribution in [0.5, 0.6) is 0 Å². The van der Waals surface area contributed by atoms with Crippen LogP contribution in [0.1, 0.15) is 29.8 Å². The van der Waals surface area contributed by atoms with Crippen LogP contribution >= 0.6 is 0 Å². The molecule has 7 nitrogen and oxygen atoms in total. The quantitative estimate of drug-likeness (QED) is 0.756. The van der Waals surface area contributed by atoms with Crippen molar-refractivity contribution >= 4 is 29.3 Å². The summed E-state index contributed by atoms with van der Waals surface area (Å²) >= 11 is 0. The molecule has 0 aromatic heterocycles. The minimum Gasteiger partial charge on any atom is -0.450 e. The molecular weight excluding hydrogens is 348 g/mol. The molecule has 0 aliphatic heterocycles. The molecular formula is C20H22N2O5. The first-order valence-corrected chi connectivity index (χ1v) is 8.52. The predicted octanol–water partition coefficient (Wildman–Crippen LogP) is 3.75. The largest absolute Gasteiger partial charge is 0.450 e. The fourth-order valence-corrected chi connectivity index (χ4v) is 2.24. The minimum absolute atomic E-state index is 0.208. The summed E-state index contributed by atoms with van der Waals surface area (Å²) in [6.45, 7) is 5.29. The van der Waals surface area contributed by atoms with Gasteiger partial charge >= 0.3 is 12.1 Å². The fraction of sp³-hybridized carbons (Fsp3) is 0.250. The topological polar surface area (TPSA) is 93.7 Å². The molecule has 0 radical (unpaired) electrons. The summed E-state index contributed by atoms with van der Waals surface area (Å²) in [6, 6.07) is 13.5. The number of benzene rings is 2. The van der Waals surface area contributed by atoms with E-state index in [1.54, 1.807) is 31.2 Å². The van der Waals surface area contributed by atoms with Crippen LogP contribution in [0.2, 0.25) is 0 Å². The van der Waals surface area contributed by atoms with Gasteiger partial charge in [-0.3, -0.25) is 10.1 Å². The molecule has 142 valence electrons. The van der Waals surface area contributed by atoms with Gasteiger partial charge in [0.2, 0.25) is 0 Å². The van der Waals surface area contributed by atoms with Crippen LogP contribution < -0.4 is 10.6 Å². The monoisotopic (exact) mass is 370 g/mol. The van der Waals surface area contributed by atoms with E-state index in [1.165, 1.54) is 19.1 Å². The third-order valence-corrected chi connectivity index (χ3v) is 3.68. The second-order valence-corrected chi connectivity index (χ2v) is 5.78. The lowest BCUT2D eigenvalue weighted by molar-refractivity contribution is -0.123. The highest BCUT2D eigenvalue weighted by Crippen LogP contribution is 2.15. The Bertz CT molecular complexity index is 835. The van der Waals surface area contributed by atoms with Gasteiger partial charge in [-0.1, -0.05) is 24.3 Å². The molecule has 2 rings (SSSR count). The number of amides is 2. The number of para-hydroxylation sites is 1. The van der Waals surface area contributed by atoms with Gasteiger partial charge in [0.15, 0.2) is 6.10 Å². The Kier molecular flexibility index (Phi) is 6.93. The maximum Gasteiger partial charge on any atom is 0.411 e. The Labute approximate surface area is 157 Å². The van der Waals surface area contributed by atoms with Gasteiger partial charge in [-0.2, -0.15) is 0 Å². The highest BCUT2D eigenvalue weighted by Gasteiger charge is 2.20. The number of nitrogens with one attached hydrogen (secondary N) is 2. The maximum absolute atomic E-state index is 12.3. The van der Waals surface area contributed by atoms with Gasteiger partial charge < -0.3 is 14.8 Å². The van der Waals surface area contributed by atoms with Crippen molar-refractivity contribution in [3.05, 3.63) is 59.7 Å². The Balaban J connectivity index is 1.98. The van der Waals surface area contributed by atoms with Crippen molar-refractivity contribution in [2.75, 3.05) is 17.2 Å². The molecule has 0 saturated heterocycles. The SMILES string of the molecule is CCOC(=O)Nc1cccc(C(=O)OC(C)C(=O)Nc2ccccc2C)c1. The third kappa shape index (κ3) is 5.85. The van der Waals surface area contributed by atoms with E-state index < -0.39 is 24.1 Å². The lowest BCUT2D eigenvalue weighted by Crippen LogP contribution is -2.30. The normalized spacial score (nSPS) is 11.2. The Morgan fingerprint density at radius 2 is 1.78 bits per heavy atom. The van der Waals surface area contributed by atoms with Gasteiger partial charge in [0.05, 0.1) is 12.2 Å². The molecule has 1 atom stereocenters. The molecule has 0 bridgehead atoms. The van der Waals surface area contributed by atoms with Gasteiger partial charge in [-0.15, -0.1) is 0 Å². The van der Waals surface area contributed by atoms with Crippen molar-refractivity contribution in [2.45, 2.75) is 26.9 Å². The summed E-state index contributed by atoms with van der Waals surface area (Å²) in [4.78, 5) is 36.0. The number of esters is 1. The summed E-state index contributed by atoms with van der Waals surface area (Å²) in [5.74, 6) is -1.10. The van der Waals surface area contributed by atoms with E-state index in [2.05, 4.69) is 10.6 Å². The predicted molar refractivity (Wildman–Crippen MR) is 102 cm³/mol. The first kappa shape index (κ1) is 20.0. The number of hydrogen-bond acceptors (Lipinski definition) is 5. The molecule has 2 aromatic carbocycles. The van der Waals surface area contributed by atoms with Crippen LogP contribution in [-0.2, 0) is 14.3 Å². The summed E-state index contributed by atoms with van der Waals surface area (Å²) in [6.07, 6.45) is -1.60. The van der Waals surface area contributed by atoms with E-state index in [1.807, 2.05) is 19.1 Å². The van der Waals surface area contributed by atoms with E-state index in [4.69, 9.17) is 9.47 Å². The summed E-state index contributed by atoms with van der Waals surface area (Å²) in [7, 11) is 0. The second-order valence-electron chi connectivity index (χ2n) is 5.78. The molecule has 2 N–H and O–H groups in total. The highest BCUT2D eigenvalue weighted by atomic mass is 16.6. The molecule has 0 aliphatic rings. The minimum atomic E-state index is -0.987. The molecule has 0 heterocycles. The molecule has 7 heteroatoms. The molecule has 1 unspecified atom stereocenters. The average Bonchev–Trinajstić information content (AvgIpc) is 2.63. The number of carbonyl (C=O) groups excluding carboxylic acids is 3. The summed E-state index contributed by atoms with van der Waals surface area (Å²) in [5.41, 5.74) is 2.16. The lowest BCUT2D eigenvalue weighted by Gasteiger charge is -2.15. The summed E-state index contributed by atoms with van der Waals surface area (Å²) in [5, 5.41) is 5.23. The summed E-state index contributed by atoms with van der Waals surface area (Å²) < 4.78 is 10.0. The molecule has 0 fully saturated rings. The lowest BCUT2D eigenvalue weighted by atomic mass is 10.2. The zero-order valence-corrected chi connectivity index (χ0v) is 15.4. The number of anilines is 2. The van der Waals surface area contributed by atoms with Gasteiger partial charge in [0, 0.05) is 11.4 Å². The van der Waals surface area contributed by atoms with Gasteiger partial charge in [0.1, 0.15) is 0 Å². The van der Waals surface area contributed by atoms with Crippen LogP contribution in [0, 0.1) is 6.92 Å². The molecule has 2 aromatic rings. The van der Waals surface area contributed by atoms with Gasteiger partial charge in [-0.05, 0) is 50.6 Å². The zero-order chi connectivity index (χ0) is 19.8. The first-order valence-electron chi connectivity index (χ1n) is 8.52. The fourth-order valence-electron chi connectivity index (χ4n) is 2.24. The molecule has 2 amide bonds. The molecule has 0 spiro atoms. The van der Waals surface area contributed by atoms with Crippen LogP contribution in [0.15, 0.2) is 48.5 Å². The van der Waals surface area contributed by atoms with Crippen LogP contribution in [-0.4, -0.2) is 30.7 Å². The van der Waals surface area contributed by atoms with Gasteiger partial charge in [-0.25, -0.2) is 9.59 Å². The zero-order valence-electron chi connectivity index (χ0n) is 15.4. The average molecular weight is 370 g/mol. The molecule has 0 aliphatic carbocycles. The van der Waals surface area contributed by atoms with Crippen LogP contribution in [0.3, 0.4) is 0 Å². The van der Waals surface area contributed by atoms with Crippen molar-refractivity contribution < 1.29 is 23.9 Å². The number of hydrogen-bond donors (Lipinski definition) is 2. The van der Waals surface area contributed by atoms with Crippen LogP contribution in [0.4, 0.5) is 16.2 Å². The Morgan fingerprint density at radius 3 is 2.48 bits per heavy atom. The highest BCUT2D eigenvalue weighted by molar-refractivity contribution is 5.98. The number of aryl methyl sites for hydroxylation is 1. The van der Waals surface area contributed by atoms with Crippen LogP contribution in [0.25, 0.3) is 0 Å². The van der Waals surface area contributed by atoms with E-state index in [0.717, 1.165) is 5.56 Å². The van der Waals surface area contributed by atoms with E-state index in [0.29, 0.717) is 11.4 Å². The first-order chi connectivity index (χ1) is 12.9. The number of ether oxygens (including phenoxy) is 2. The van der Waals surface area contributed by atoms with Gasteiger partial charge in [0.25, 0.3) is 5.91 Å². The Hall–Kier alpha value is -3.35. The molecule has 0 saturated carbocycles. The molecule has 27 heavy (non-hydrogen) atoms.